The van der Waals surface area contributed by atoms with E-state index in [1.54, 1.807) is 25.3 Å². The first-order valence-corrected chi connectivity index (χ1v) is 11.4. The van der Waals surface area contributed by atoms with Crippen LogP contribution in [-0.4, -0.2) is 60.2 Å². The molecular weight excluding hydrogens is 416 g/mol. The van der Waals surface area contributed by atoms with E-state index in [1.165, 1.54) is 12.1 Å². The Hall–Kier alpha value is -2.09. The number of aromatic nitrogens is 2. The van der Waals surface area contributed by atoms with Gasteiger partial charge in [0.05, 0.1) is 11.6 Å². The fourth-order valence-electron chi connectivity index (χ4n) is 3.67. The summed E-state index contributed by atoms with van der Waals surface area (Å²) >= 11 is 6.38. The number of H-pyrrole nitrogens is 1. The van der Waals surface area contributed by atoms with Crippen molar-refractivity contribution in [2.45, 2.75) is 51.7 Å². The number of hydrogen-bond donors (Lipinski definition) is 2. The van der Waals surface area contributed by atoms with Crippen molar-refractivity contribution in [3.8, 4) is 5.75 Å². The number of amides is 1. The van der Waals surface area contributed by atoms with Crippen molar-refractivity contribution >= 4 is 17.5 Å². The number of nitrogens with zero attached hydrogens (tertiary/aromatic N) is 2. The second-order valence-corrected chi connectivity index (χ2v) is 8.35. The Morgan fingerprint density at radius 1 is 1.35 bits per heavy atom. The standard InChI is InChI=1S/C23H33ClN4O3/c1-3-4-5-22-26-15-18(27-22)16-28-11-8-19(9-12-28)31-21-7-6-17(14-20(21)24)23(29)25-10-13-30-2/h6-7,14-15,19H,3-5,8-13,16H2,1-2H3,(H,25,29)(H,26,27). The molecule has 0 bridgehead atoms. The van der Waals surface area contributed by atoms with E-state index in [0.29, 0.717) is 29.5 Å². The molecule has 31 heavy (non-hydrogen) atoms. The summed E-state index contributed by atoms with van der Waals surface area (Å²) in [5.74, 6) is 1.54. The molecule has 0 radical (unpaired) electrons. The Kier molecular flexibility index (Phi) is 9.18. The van der Waals surface area contributed by atoms with Gasteiger partial charge in [-0.05, 0) is 37.5 Å². The molecule has 1 aromatic carbocycles. The number of ether oxygens (including phenoxy) is 2. The molecule has 1 saturated heterocycles. The van der Waals surface area contributed by atoms with Gasteiger partial charge in [0.15, 0.2) is 0 Å². The van der Waals surface area contributed by atoms with Crippen molar-refractivity contribution in [1.29, 1.82) is 0 Å². The van der Waals surface area contributed by atoms with Gasteiger partial charge in [-0.1, -0.05) is 24.9 Å². The molecule has 1 aromatic heterocycles. The highest BCUT2D eigenvalue weighted by atomic mass is 35.5. The number of methoxy groups -OCH3 is 1. The molecule has 0 aliphatic carbocycles. The SMILES string of the molecule is CCCCc1ncc(CN2CCC(Oc3ccc(C(=O)NCCOC)cc3Cl)CC2)[nH]1. The summed E-state index contributed by atoms with van der Waals surface area (Å²) in [4.78, 5) is 22.5. The van der Waals surface area contributed by atoms with Crippen molar-refractivity contribution < 1.29 is 14.3 Å². The maximum atomic E-state index is 12.1. The van der Waals surface area contributed by atoms with E-state index in [9.17, 15) is 4.79 Å². The number of nitrogens with one attached hydrogen (secondary N) is 2. The lowest BCUT2D eigenvalue weighted by Crippen LogP contribution is -2.37. The average molecular weight is 449 g/mol. The van der Waals surface area contributed by atoms with E-state index in [-0.39, 0.29) is 12.0 Å². The second-order valence-electron chi connectivity index (χ2n) is 7.95. The van der Waals surface area contributed by atoms with Gasteiger partial charge in [-0.3, -0.25) is 9.69 Å². The smallest absolute Gasteiger partial charge is 0.251 e. The number of imidazole rings is 1. The Morgan fingerprint density at radius 3 is 2.87 bits per heavy atom. The molecule has 0 atom stereocenters. The molecule has 8 heteroatoms. The van der Waals surface area contributed by atoms with Crippen LogP contribution in [0.5, 0.6) is 5.75 Å². The third-order valence-corrected chi connectivity index (χ3v) is 5.75. The molecule has 2 N–H and O–H groups in total. The number of unbranched alkanes of at least 4 members (excludes halogenated alkanes) is 1. The predicted octanol–water partition coefficient (Wildman–Crippen LogP) is 3.83. The van der Waals surface area contributed by atoms with Crippen molar-refractivity contribution in [1.82, 2.24) is 20.2 Å². The van der Waals surface area contributed by atoms with Crippen LogP contribution in [0.15, 0.2) is 24.4 Å². The lowest BCUT2D eigenvalue weighted by Gasteiger charge is -2.32. The number of benzene rings is 1. The summed E-state index contributed by atoms with van der Waals surface area (Å²) in [6.07, 6.45) is 7.31. The van der Waals surface area contributed by atoms with E-state index >= 15 is 0 Å². The molecule has 0 unspecified atom stereocenters. The normalized spacial score (nSPS) is 15.2. The molecule has 1 fully saturated rings. The number of carbonyl (C=O) groups is 1. The van der Waals surface area contributed by atoms with Crippen molar-refractivity contribution in [2.24, 2.45) is 0 Å². The van der Waals surface area contributed by atoms with Crippen LogP contribution < -0.4 is 10.1 Å². The predicted molar refractivity (Wildman–Crippen MR) is 122 cm³/mol. The van der Waals surface area contributed by atoms with Gasteiger partial charge >= 0.3 is 0 Å². The van der Waals surface area contributed by atoms with Crippen LogP contribution in [-0.2, 0) is 17.7 Å². The zero-order valence-corrected chi connectivity index (χ0v) is 19.2. The van der Waals surface area contributed by atoms with Crippen molar-refractivity contribution in [3.63, 3.8) is 0 Å². The number of piperidine rings is 1. The molecular formula is C23H33ClN4O3. The van der Waals surface area contributed by atoms with Gasteiger partial charge in [-0.25, -0.2) is 4.98 Å². The van der Waals surface area contributed by atoms with Crippen LogP contribution >= 0.6 is 11.6 Å². The number of aromatic amines is 1. The summed E-state index contributed by atoms with van der Waals surface area (Å²) in [7, 11) is 1.60. The fraction of sp³-hybridized carbons (Fsp3) is 0.565. The number of halogens is 1. The van der Waals surface area contributed by atoms with Crippen molar-refractivity contribution in [2.75, 3.05) is 33.4 Å². The summed E-state index contributed by atoms with van der Waals surface area (Å²) in [6.45, 7) is 5.94. The van der Waals surface area contributed by atoms with Crippen molar-refractivity contribution in [3.05, 3.63) is 46.5 Å². The zero-order valence-electron chi connectivity index (χ0n) is 18.5. The molecule has 1 aliphatic heterocycles. The van der Waals surface area contributed by atoms with Gasteiger partial charge in [-0.15, -0.1) is 0 Å². The van der Waals surface area contributed by atoms with Gasteiger partial charge in [0.25, 0.3) is 5.91 Å². The van der Waals surface area contributed by atoms with Crippen LogP contribution in [0.1, 0.15) is 54.5 Å². The maximum absolute atomic E-state index is 12.1. The Balaban J connectivity index is 1.45. The number of hydrogen-bond acceptors (Lipinski definition) is 5. The van der Waals surface area contributed by atoms with E-state index < -0.39 is 0 Å². The minimum absolute atomic E-state index is 0.122. The van der Waals surface area contributed by atoms with Crippen LogP contribution in [0.25, 0.3) is 0 Å². The molecule has 170 valence electrons. The van der Waals surface area contributed by atoms with Gasteiger partial charge in [-0.2, -0.15) is 0 Å². The molecule has 3 rings (SSSR count). The van der Waals surface area contributed by atoms with Crippen LogP contribution in [0.3, 0.4) is 0 Å². The first-order valence-electron chi connectivity index (χ1n) is 11.1. The number of rotatable bonds is 11. The minimum atomic E-state index is -0.171. The number of carbonyl (C=O) groups excluding carboxylic acids is 1. The van der Waals surface area contributed by atoms with E-state index in [0.717, 1.165) is 51.1 Å². The van der Waals surface area contributed by atoms with Gasteiger partial charge in [0.1, 0.15) is 17.7 Å². The monoisotopic (exact) mass is 448 g/mol. The third-order valence-electron chi connectivity index (χ3n) is 5.46. The quantitative estimate of drug-likeness (QED) is 0.511. The number of likely N-dealkylation sites (tertiary alicyclic amines) is 1. The maximum Gasteiger partial charge on any atom is 0.251 e. The second kappa shape index (κ2) is 12.1. The molecule has 1 aliphatic rings. The fourth-order valence-corrected chi connectivity index (χ4v) is 3.89. The van der Waals surface area contributed by atoms with Gasteiger partial charge < -0.3 is 19.8 Å². The Labute approximate surface area is 189 Å². The molecule has 0 saturated carbocycles. The van der Waals surface area contributed by atoms with Crippen LogP contribution in [0, 0.1) is 0 Å². The molecule has 1 amide bonds. The van der Waals surface area contributed by atoms with Crippen LogP contribution in [0.2, 0.25) is 5.02 Å². The highest BCUT2D eigenvalue weighted by molar-refractivity contribution is 6.32. The molecule has 2 heterocycles. The lowest BCUT2D eigenvalue weighted by atomic mass is 10.1. The highest BCUT2D eigenvalue weighted by Gasteiger charge is 2.22. The third kappa shape index (κ3) is 7.23. The molecule has 7 nitrogen and oxygen atoms in total. The van der Waals surface area contributed by atoms with E-state index in [2.05, 4.69) is 27.1 Å². The average Bonchev–Trinajstić information content (AvgIpc) is 3.22. The first kappa shape index (κ1) is 23.6. The Morgan fingerprint density at radius 2 is 2.16 bits per heavy atom. The van der Waals surface area contributed by atoms with Gasteiger partial charge in [0.2, 0.25) is 0 Å². The zero-order chi connectivity index (χ0) is 22.1. The minimum Gasteiger partial charge on any atom is -0.489 e. The molecule has 2 aromatic rings. The Bertz CT molecular complexity index is 834. The van der Waals surface area contributed by atoms with E-state index in [4.69, 9.17) is 21.1 Å². The summed E-state index contributed by atoms with van der Waals surface area (Å²) in [5, 5.41) is 3.25. The summed E-state index contributed by atoms with van der Waals surface area (Å²) < 4.78 is 11.1. The summed E-state index contributed by atoms with van der Waals surface area (Å²) in [5.41, 5.74) is 1.69. The molecule has 0 spiro atoms. The number of aryl methyl sites for hydroxylation is 1. The highest BCUT2D eigenvalue weighted by Crippen LogP contribution is 2.28. The van der Waals surface area contributed by atoms with E-state index in [1.807, 2.05) is 6.20 Å². The van der Waals surface area contributed by atoms with Crippen LogP contribution in [0.4, 0.5) is 0 Å². The first-order chi connectivity index (χ1) is 15.1. The van der Waals surface area contributed by atoms with Gasteiger partial charge in [0, 0.05) is 57.2 Å². The summed E-state index contributed by atoms with van der Waals surface area (Å²) in [6, 6.07) is 5.18. The lowest BCUT2D eigenvalue weighted by molar-refractivity contribution is 0.0935. The topological polar surface area (TPSA) is 79.5 Å². The largest absolute Gasteiger partial charge is 0.489 e.